The highest BCUT2D eigenvalue weighted by molar-refractivity contribution is 5.63. The summed E-state index contributed by atoms with van der Waals surface area (Å²) in [6.07, 6.45) is 10.9. The molecule has 7 rings (SSSR count). The van der Waals surface area contributed by atoms with Crippen LogP contribution in [-0.4, -0.2) is 0 Å². The largest absolute Gasteiger partial charge is 0.0764 e. The van der Waals surface area contributed by atoms with E-state index in [-0.39, 0.29) is 10.8 Å². The van der Waals surface area contributed by atoms with E-state index in [0.717, 1.165) is 6.42 Å². The lowest BCUT2D eigenvalue weighted by Crippen LogP contribution is -2.20. The lowest BCUT2D eigenvalue weighted by atomic mass is 9.75. The average Bonchev–Trinajstić information content (AvgIpc) is 3.02. The first-order valence-electron chi connectivity index (χ1n) is 10.3. The summed E-state index contributed by atoms with van der Waals surface area (Å²) in [5.74, 6) is 0.613. The van der Waals surface area contributed by atoms with Crippen LogP contribution in [0.4, 0.5) is 0 Å². The molecule has 2 aromatic rings. The molecule has 1 unspecified atom stereocenters. The van der Waals surface area contributed by atoms with E-state index in [1.807, 2.05) is 0 Å². The molecule has 0 amide bonds. The molecule has 2 aromatic carbocycles. The molecule has 0 saturated heterocycles. The fourth-order valence-corrected chi connectivity index (χ4v) is 4.72. The van der Waals surface area contributed by atoms with Crippen LogP contribution >= 0.6 is 0 Å². The van der Waals surface area contributed by atoms with Crippen molar-refractivity contribution in [1.29, 1.82) is 0 Å². The molecule has 0 aromatic heterocycles. The van der Waals surface area contributed by atoms with Crippen LogP contribution in [-0.2, 0) is 17.3 Å². The molecule has 0 spiro atoms. The van der Waals surface area contributed by atoms with E-state index in [4.69, 9.17) is 0 Å². The zero-order valence-corrected chi connectivity index (χ0v) is 16.8. The van der Waals surface area contributed by atoms with Gasteiger partial charge in [0.05, 0.1) is 0 Å². The van der Waals surface area contributed by atoms with Crippen molar-refractivity contribution in [3.63, 3.8) is 0 Å². The number of hydrogen-bond acceptors (Lipinski definition) is 0. The fraction of sp³-hybridized carbons (Fsp3) is 0.462. The molecule has 26 heavy (non-hydrogen) atoms. The number of rotatable bonds is 0. The second kappa shape index (κ2) is 6.41. The van der Waals surface area contributed by atoms with Crippen molar-refractivity contribution >= 4 is 6.08 Å². The highest BCUT2D eigenvalue weighted by Gasteiger charge is 2.25. The van der Waals surface area contributed by atoms with E-state index in [0.29, 0.717) is 5.92 Å². The Bertz CT molecular complexity index is 818. The van der Waals surface area contributed by atoms with Gasteiger partial charge in [-0.05, 0) is 64.3 Å². The first kappa shape index (κ1) is 17.6. The first-order chi connectivity index (χ1) is 12.4. The minimum atomic E-state index is 0.205. The van der Waals surface area contributed by atoms with Crippen molar-refractivity contribution in [2.24, 2.45) is 0 Å². The van der Waals surface area contributed by atoms with Gasteiger partial charge in [0.2, 0.25) is 0 Å². The van der Waals surface area contributed by atoms with Crippen LogP contribution < -0.4 is 0 Å². The normalized spacial score (nSPS) is 23.5. The summed E-state index contributed by atoms with van der Waals surface area (Å²) in [6.45, 7) is 9.58. The van der Waals surface area contributed by atoms with Crippen LogP contribution in [0.5, 0.6) is 0 Å². The van der Waals surface area contributed by atoms with Crippen molar-refractivity contribution in [2.45, 2.75) is 76.5 Å². The van der Waals surface area contributed by atoms with E-state index in [1.165, 1.54) is 47.9 Å². The van der Waals surface area contributed by atoms with Gasteiger partial charge in [0.15, 0.2) is 0 Å². The van der Waals surface area contributed by atoms with Gasteiger partial charge >= 0.3 is 0 Å². The molecule has 0 radical (unpaired) electrons. The van der Waals surface area contributed by atoms with E-state index in [9.17, 15) is 0 Å². The number of allylic oxidation sites excluding steroid dienone is 1. The number of hydrogen-bond donors (Lipinski definition) is 0. The Hall–Kier alpha value is -1.82. The standard InChI is InChI=1S/C26H32/c1-25(2)16-5-6-20-8-9-21-18-19(7-14-24(20)21)15-17-26(3,4)23-12-10-22(25)11-13-23/h7-14,18,20H,5-6,15-17H2,1-4H3. The summed E-state index contributed by atoms with van der Waals surface area (Å²) >= 11 is 0. The van der Waals surface area contributed by atoms with Crippen LogP contribution in [0.15, 0.2) is 48.5 Å². The first-order valence-corrected chi connectivity index (χ1v) is 10.3. The Labute approximate surface area is 159 Å². The zero-order chi connectivity index (χ0) is 18.4. The predicted octanol–water partition coefficient (Wildman–Crippen LogP) is 7.17. The third-order valence-corrected chi connectivity index (χ3v) is 6.86. The Morgan fingerprint density at radius 3 is 2.15 bits per heavy atom. The number of aryl methyl sites for hydroxylation is 1. The minimum absolute atomic E-state index is 0.205. The molecule has 5 aliphatic rings. The summed E-state index contributed by atoms with van der Waals surface area (Å²) in [4.78, 5) is 0. The molecule has 0 heteroatoms. The van der Waals surface area contributed by atoms with Crippen LogP contribution in [0.1, 0.15) is 87.1 Å². The predicted molar refractivity (Wildman–Crippen MR) is 113 cm³/mol. The highest BCUT2D eigenvalue weighted by atomic mass is 14.3. The van der Waals surface area contributed by atoms with E-state index in [1.54, 1.807) is 5.56 Å². The maximum Gasteiger partial charge on any atom is 0.00272 e. The molecule has 0 saturated carbocycles. The Kier molecular flexibility index (Phi) is 4.34. The van der Waals surface area contributed by atoms with Gasteiger partial charge < -0.3 is 0 Å². The molecule has 0 fully saturated rings. The van der Waals surface area contributed by atoms with Crippen molar-refractivity contribution in [2.75, 3.05) is 0 Å². The molecule has 1 atom stereocenters. The molecule has 136 valence electrons. The molecule has 5 aliphatic carbocycles. The molecule has 0 N–H and O–H groups in total. The second-order valence-corrected chi connectivity index (χ2v) is 9.67. The third-order valence-electron chi connectivity index (χ3n) is 6.86. The highest BCUT2D eigenvalue weighted by Crippen LogP contribution is 2.38. The van der Waals surface area contributed by atoms with Gasteiger partial charge in [-0.3, -0.25) is 0 Å². The van der Waals surface area contributed by atoms with Crippen LogP contribution in [0.25, 0.3) is 6.08 Å². The van der Waals surface area contributed by atoms with E-state index >= 15 is 0 Å². The topological polar surface area (TPSA) is 0 Å². The Morgan fingerprint density at radius 2 is 1.46 bits per heavy atom. The lowest BCUT2D eigenvalue weighted by molar-refractivity contribution is 0.444. The molecular formula is C26H32. The quantitative estimate of drug-likeness (QED) is 0.475. The van der Waals surface area contributed by atoms with Crippen molar-refractivity contribution in [3.05, 3.63) is 76.4 Å². The molecule has 0 heterocycles. The average molecular weight is 345 g/mol. The van der Waals surface area contributed by atoms with E-state index in [2.05, 4.69) is 82.3 Å². The molecule has 6 bridgehead atoms. The van der Waals surface area contributed by atoms with E-state index < -0.39 is 0 Å². The van der Waals surface area contributed by atoms with Crippen LogP contribution in [0.2, 0.25) is 0 Å². The fourth-order valence-electron chi connectivity index (χ4n) is 4.72. The maximum absolute atomic E-state index is 2.43. The Balaban J connectivity index is 1.71. The second-order valence-electron chi connectivity index (χ2n) is 9.67. The summed E-state index contributed by atoms with van der Waals surface area (Å²) in [7, 11) is 0. The van der Waals surface area contributed by atoms with Crippen molar-refractivity contribution in [3.8, 4) is 0 Å². The monoisotopic (exact) mass is 344 g/mol. The Morgan fingerprint density at radius 1 is 0.808 bits per heavy atom. The maximum atomic E-state index is 2.43. The summed E-state index contributed by atoms with van der Waals surface area (Å²) < 4.78 is 0. The van der Waals surface area contributed by atoms with Gasteiger partial charge in [-0.15, -0.1) is 0 Å². The van der Waals surface area contributed by atoms with Crippen molar-refractivity contribution < 1.29 is 0 Å². The molecule has 0 nitrogen and oxygen atoms in total. The molecular weight excluding hydrogens is 312 g/mol. The lowest BCUT2D eigenvalue weighted by Gasteiger charge is -2.29. The van der Waals surface area contributed by atoms with Gasteiger partial charge in [-0.25, -0.2) is 0 Å². The summed E-state index contributed by atoms with van der Waals surface area (Å²) in [5.41, 5.74) is 7.87. The van der Waals surface area contributed by atoms with Gasteiger partial charge in [-0.2, -0.15) is 0 Å². The summed E-state index contributed by atoms with van der Waals surface area (Å²) in [5, 5.41) is 0. The summed E-state index contributed by atoms with van der Waals surface area (Å²) in [6, 6.07) is 16.7. The number of benzene rings is 2. The van der Waals surface area contributed by atoms with Crippen LogP contribution in [0, 0.1) is 0 Å². The minimum Gasteiger partial charge on any atom is -0.0764 e. The van der Waals surface area contributed by atoms with Gasteiger partial charge in [0.1, 0.15) is 0 Å². The van der Waals surface area contributed by atoms with Gasteiger partial charge in [0, 0.05) is 5.92 Å². The SMILES string of the molecule is CC1(C)CCCC2C=Cc3cc(ccc32)CCC(C)(C)c2ccc1cc2. The van der Waals surface area contributed by atoms with Crippen LogP contribution in [0.3, 0.4) is 0 Å². The molecule has 0 aliphatic heterocycles. The van der Waals surface area contributed by atoms with Gasteiger partial charge in [-0.1, -0.05) is 88.7 Å². The zero-order valence-electron chi connectivity index (χ0n) is 16.8. The van der Waals surface area contributed by atoms with Gasteiger partial charge in [0.25, 0.3) is 0 Å². The third kappa shape index (κ3) is 3.27. The smallest absolute Gasteiger partial charge is 0.00272 e. The van der Waals surface area contributed by atoms with Crippen molar-refractivity contribution in [1.82, 2.24) is 0 Å².